The molecule has 0 bridgehead atoms. The van der Waals surface area contributed by atoms with E-state index < -0.39 is 0 Å². The van der Waals surface area contributed by atoms with Crippen LogP contribution in [0.25, 0.3) is 0 Å². The number of carbonyl (C=O) groups is 1. The first-order valence-corrected chi connectivity index (χ1v) is 8.66. The number of nitrogens with zero attached hydrogens (tertiary/aromatic N) is 1. The van der Waals surface area contributed by atoms with Gasteiger partial charge in [-0.2, -0.15) is 0 Å². The minimum Gasteiger partial charge on any atom is -0.354 e. The lowest BCUT2D eigenvalue weighted by molar-refractivity contribution is -0.124. The molecule has 22 heavy (non-hydrogen) atoms. The number of benzene rings is 1. The monoisotopic (exact) mass is 302 g/mol. The van der Waals surface area contributed by atoms with Crippen LogP contribution in [0.1, 0.15) is 56.7 Å². The van der Waals surface area contributed by atoms with Gasteiger partial charge >= 0.3 is 0 Å². The number of rotatable bonds is 5. The van der Waals surface area contributed by atoms with E-state index in [4.69, 9.17) is 0 Å². The smallest absolute Gasteiger partial charge is 0.222 e. The number of aryl methyl sites for hydroxylation is 1. The van der Waals surface area contributed by atoms with Crippen molar-refractivity contribution in [3.8, 4) is 0 Å². The van der Waals surface area contributed by atoms with Crippen LogP contribution in [0.2, 0.25) is 0 Å². The standard InChI is InChI=1S/C19H30N2O/c1-15(2)19(22)20-14-18(17-10-8-16(3)9-11-17)21-12-6-4-5-7-13-21/h8-11,15,18H,4-7,12-14H2,1-3H3,(H,20,22)/t18-/m1/s1. The summed E-state index contributed by atoms with van der Waals surface area (Å²) in [5.74, 6) is 0.190. The Kier molecular flexibility index (Phi) is 6.44. The molecule has 1 atom stereocenters. The summed E-state index contributed by atoms with van der Waals surface area (Å²) in [6.45, 7) is 8.99. The zero-order valence-corrected chi connectivity index (χ0v) is 14.3. The Morgan fingerprint density at radius 3 is 2.23 bits per heavy atom. The molecule has 3 heteroatoms. The molecule has 0 aromatic heterocycles. The fourth-order valence-corrected chi connectivity index (χ4v) is 3.05. The van der Waals surface area contributed by atoms with Gasteiger partial charge in [0.05, 0.1) is 6.04 Å². The van der Waals surface area contributed by atoms with Gasteiger partial charge in [0.15, 0.2) is 0 Å². The molecule has 3 nitrogen and oxygen atoms in total. The molecule has 1 fully saturated rings. The third kappa shape index (κ3) is 4.84. The lowest BCUT2D eigenvalue weighted by Gasteiger charge is -2.31. The lowest BCUT2D eigenvalue weighted by atomic mass is 10.0. The molecular formula is C19H30N2O. The van der Waals surface area contributed by atoms with Crippen LogP contribution in [0, 0.1) is 12.8 Å². The van der Waals surface area contributed by atoms with Gasteiger partial charge in [0.1, 0.15) is 0 Å². The lowest BCUT2D eigenvalue weighted by Crippen LogP contribution is -2.39. The van der Waals surface area contributed by atoms with E-state index in [0.717, 1.165) is 13.1 Å². The van der Waals surface area contributed by atoms with Crippen LogP contribution < -0.4 is 5.32 Å². The SMILES string of the molecule is Cc1ccc([C@@H](CNC(=O)C(C)C)N2CCCCCC2)cc1. The van der Waals surface area contributed by atoms with Crippen LogP contribution in [-0.4, -0.2) is 30.4 Å². The summed E-state index contributed by atoms with van der Waals surface area (Å²) < 4.78 is 0. The van der Waals surface area contributed by atoms with E-state index in [1.807, 2.05) is 13.8 Å². The maximum Gasteiger partial charge on any atom is 0.222 e. The zero-order valence-electron chi connectivity index (χ0n) is 14.3. The molecule has 0 saturated carbocycles. The summed E-state index contributed by atoms with van der Waals surface area (Å²) in [6.07, 6.45) is 5.19. The number of amides is 1. The van der Waals surface area contributed by atoms with Crippen molar-refractivity contribution < 1.29 is 4.79 Å². The average molecular weight is 302 g/mol. The van der Waals surface area contributed by atoms with E-state index in [1.165, 1.54) is 36.8 Å². The van der Waals surface area contributed by atoms with Crippen LogP contribution in [-0.2, 0) is 4.79 Å². The first-order chi connectivity index (χ1) is 10.6. The molecule has 1 N–H and O–H groups in total. The molecule has 0 aliphatic carbocycles. The highest BCUT2D eigenvalue weighted by Crippen LogP contribution is 2.24. The van der Waals surface area contributed by atoms with Crippen LogP contribution in [0.4, 0.5) is 0 Å². The third-order valence-electron chi connectivity index (χ3n) is 4.54. The van der Waals surface area contributed by atoms with Gasteiger partial charge in [-0.05, 0) is 38.4 Å². The Hall–Kier alpha value is -1.35. The summed E-state index contributed by atoms with van der Waals surface area (Å²) in [4.78, 5) is 14.5. The Bertz CT molecular complexity index is 459. The van der Waals surface area contributed by atoms with E-state index >= 15 is 0 Å². The first-order valence-electron chi connectivity index (χ1n) is 8.66. The molecule has 1 aromatic carbocycles. The largest absolute Gasteiger partial charge is 0.354 e. The predicted octanol–water partition coefficient (Wildman–Crippen LogP) is 3.68. The van der Waals surface area contributed by atoms with E-state index in [2.05, 4.69) is 41.4 Å². The number of carbonyl (C=O) groups excluding carboxylic acids is 1. The van der Waals surface area contributed by atoms with E-state index in [9.17, 15) is 4.79 Å². The summed E-state index contributed by atoms with van der Waals surface area (Å²) in [7, 11) is 0. The van der Waals surface area contributed by atoms with Crippen LogP contribution in [0.15, 0.2) is 24.3 Å². The van der Waals surface area contributed by atoms with Crippen LogP contribution in [0.3, 0.4) is 0 Å². The van der Waals surface area contributed by atoms with Crippen molar-refractivity contribution in [1.82, 2.24) is 10.2 Å². The second kappa shape index (κ2) is 8.33. The molecule has 1 aromatic rings. The maximum atomic E-state index is 12.0. The van der Waals surface area contributed by atoms with Gasteiger partial charge in [-0.15, -0.1) is 0 Å². The van der Waals surface area contributed by atoms with Gasteiger partial charge in [0.25, 0.3) is 0 Å². The number of likely N-dealkylation sites (tertiary alicyclic amines) is 1. The minimum absolute atomic E-state index is 0.0443. The van der Waals surface area contributed by atoms with Gasteiger partial charge < -0.3 is 5.32 Å². The Balaban J connectivity index is 2.11. The molecule has 1 saturated heterocycles. The van der Waals surface area contributed by atoms with Crippen LogP contribution in [0.5, 0.6) is 0 Å². The molecule has 1 amide bonds. The minimum atomic E-state index is 0.0443. The van der Waals surface area contributed by atoms with Crippen molar-refractivity contribution in [2.45, 2.75) is 52.5 Å². The predicted molar refractivity (Wildman–Crippen MR) is 91.8 cm³/mol. The van der Waals surface area contributed by atoms with Gasteiger partial charge in [0.2, 0.25) is 5.91 Å². The number of hydrogen-bond acceptors (Lipinski definition) is 2. The quantitative estimate of drug-likeness (QED) is 0.900. The summed E-state index contributed by atoms with van der Waals surface area (Å²) >= 11 is 0. The Labute approximate surface area is 135 Å². The highest BCUT2D eigenvalue weighted by molar-refractivity contribution is 5.77. The summed E-state index contributed by atoms with van der Waals surface area (Å²) in [5.41, 5.74) is 2.60. The van der Waals surface area contributed by atoms with Crippen molar-refractivity contribution in [2.24, 2.45) is 5.92 Å². The fraction of sp³-hybridized carbons (Fsp3) is 0.632. The molecular weight excluding hydrogens is 272 g/mol. The number of hydrogen-bond donors (Lipinski definition) is 1. The zero-order chi connectivity index (χ0) is 15.9. The molecule has 1 aliphatic heterocycles. The van der Waals surface area contributed by atoms with Crippen molar-refractivity contribution in [2.75, 3.05) is 19.6 Å². The van der Waals surface area contributed by atoms with Crippen molar-refractivity contribution in [1.29, 1.82) is 0 Å². The number of nitrogens with one attached hydrogen (secondary N) is 1. The maximum absolute atomic E-state index is 12.0. The normalized spacial score (nSPS) is 18.0. The molecule has 0 radical (unpaired) electrons. The summed E-state index contributed by atoms with van der Waals surface area (Å²) in [5, 5.41) is 3.13. The van der Waals surface area contributed by atoms with E-state index in [-0.39, 0.29) is 11.8 Å². The second-order valence-electron chi connectivity index (χ2n) is 6.78. The highest BCUT2D eigenvalue weighted by atomic mass is 16.1. The molecule has 2 rings (SSSR count). The molecule has 0 spiro atoms. The average Bonchev–Trinajstić information content (AvgIpc) is 2.78. The Morgan fingerprint density at radius 1 is 1.09 bits per heavy atom. The van der Waals surface area contributed by atoms with Gasteiger partial charge in [-0.25, -0.2) is 0 Å². The molecule has 1 heterocycles. The van der Waals surface area contributed by atoms with Crippen molar-refractivity contribution in [3.05, 3.63) is 35.4 Å². The van der Waals surface area contributed by atoms with Crippen LogP contribution >= 0.6 is 0 Å². The molecule has 122 valence electrons. The summed E-state index contributed by atoms with van der Waals surface area (Å²) in [6, 6.07) is 9.06. The van der Waals surface area contributed by atoms with E-state index in [1.54, 1.807) is 0 Å². The highest BCUT2D eigenvalue weighted by Gasteiger charge is 2.22. The topological polar surface area (TPSA) is 32.3 Å². The van der Waals surface area contributed by atoms with E-state index in [0.29, 0.717) is 12.6 Å². The third-order valence-corrected chi connectivity index (χ3v) is 4.54. The molecule has 0 unspecified atom stereocenters. The first kappa shape index (κ1) is 17.0. The van der Waals surface area contributed by atoms with Gasteiger partial charge in [-0.3, -0.25) is 9.69 Å². The fourth-order valence-electron chi connectivity index (χ4n) is 3.05. The second-order valence-corrected chi connectivity index (χ2v) is 6.78. The van der Waals surface area contributed by atoms with Crippen molar-refractivity contribution >= 4 is 5.91 Å². The van der Waals surface area contributed by atoms with Gasteiger partial charge in [-0.1, -0.05) is 56.5 Å². The van der Waals surface area contributed by atoms with Crippen molar-refractivity contribution in [3.63, 3.8) is 0 Å². The van der Waals surface area contributed by atoms with Gasteiger partial charge in [0, 0.05) is 12.5 Å². The Morgan fingerprint density at radius 2 is 1.68 bits per heavy atom. The molecule has 1 aliphatic rings.